The number of carbonyl (C=O) groups is 1. The van der Waals surface area contributed by atoms with E-state index >= 15 is 0 Å². The number of carbonyl (C=O) groups excluding carboxylic acids is 1. The van der Waals surface area contributed by atoms with Crippen LogP contribution in [0, 0.1) is 11.8 Å². The normalized spacial score (nSPS) is 24.3. The maximum atomic E-state index is 11.5. The van der Waals surface area contributed by atoms with Crippen LogP contribution < -0.4 is 5.32 Å². The summed E-state index contributed by atoms with van der Waals surface area (Å²) in [6, 6.07) is 0. The zero-order chi connectivity index (χ0) is 11.3. The predicted molar refractivity (Wildman–Crippen MR) is 59.7 cm³/mol. The molecular formula is C11H22N2O2. The van der Waals surface area contributed by atoms with Crippen molar-refractivity contribution in [3.63, 3.8) is 0 Å². The molecule has 4 heteroatoms. The number of ether oxygens (including phenoxy) is 1. The molecule has 1 aliphatic carbocycles. The molecule has 88 valence electrons. The van der Waals surface area contributed by atoms with Crippen LogP contribution in [0.3, 0.4) is 0 Å². The molecule has 0 heterocycles. The van der Waals surface area contributed by atoms with Gasteiger partial charge in [-0.15, -0.1) is 0 Å². The van der Waals surface area contributed by atoms with Crippen molar-refractivity contribution in [2.75, 3.05) is 40.4 Å². The van der Waals surface area contributed by atoms with Crippen LogP contribution in [0.25, 0.3) is 0 Å². The number of methoxy groups -OCH3 is 1. The van der Waals surface area contributed by atoms with Gasteiger partial charge in [-0.3, -0.25) is 4.79 Å². The average Bonchev–Trinajstić information content (AvgIpc) is 2.92. The van der Waals surface area contributed by atoms with Gasteiger partial charge in [0.1, 0.15) is 0 Å². The van der Waals surface area contributed by atoms with Crippen LogP contribution in [-0.4, -0.2) is 51.2 Å². The largest absolute Gasteiger partial charge is 0.383 e. The first kappa shape index (κ1) is 12.5. The van der Waals surface area contributed by atoms with Crippen LogP contribution in [-0.2, 0) is 9.53 Å². The van der Waals surface area contributed by atoms with Crippen molar-refractivity contribution >= 4 is 5.91 Å². The average molecular weight is 214 g/mol. The fraction of sp³-hybridized carbons (Fsp3) is 0.909. The summed E-state index contributed by atoms with van der Waals surface area (Å²) in [7, 11) is 3.73. The third-order valence-corrected chi connectivity index (χ3v) is 2.92. The minimum atomic E-state index is 0.225. The summed E-state index contributed by atoms with van der Waals surface area (Å²) < 4.78 is 4.97. The number of rotatable bonds is 7. The molecule has 0 bridgehead atoms. The molecule has 1 aliphatic rings. The van der Waals surface area contributed by atoms with E-state index in [1.807, 2.05) is 7.05 Å². The van der Waals surface area contributed by atoms with E-state index in [1.54, 1.807) is 7.11 Å². The number of nitrogens with zero attached hydrogens (tertiary/aromatic N) is 1. The van der Waals surface area contributed by atoms with Crippen LogP contribution >= 0.6 is 0 Å². The van der Waals surface area contributed by atoms with Gasteiger partial charge >= 0.3 is 0 Å². The highest BCUT2D eigenvalue weighted by Gasteiger charge is 2.38. The predicted octanol–water partition coefficient (Wildman–Crippen LogP) is 0.337. The van der Waals surface area contributed by atoms with Crippen molar-refractivity contribution in [3.05, 3.63) is 0 Å². The van der Waals surface area contributed by atoms with Gasteiger partial charge in [0.2, 0.25) is 5.91 Å². The molecule has 4 nitrogen and oxygen atoms in total. The van der Waals surface area contributed by atoms with Crippen LogP contribution in [0.1, 0.15) is 13.3 Å². The summed E-state index contributed by atoms with van der Waals surface area (Å²) in [4.78, 5) is 13.6. The number of nitrogens with one attached hydrogen (secondary N) is 1. The van der Waals surface area contributed by atoms with E-state index < -0.39 is 0 Å². The summed E-state index contributed by atoms with van der Waals surface area (Å²) in [5.41, 5.74) is 0. The molecule has 15 heavy (non-hydrogen) atoms. The topological polar surface area (TPSA) is 41.6 Å². The van der Waals surface area contributed by atoms with Gasteiger partial charge < -0.3 is 15.0 Å². The van der Waals surface area contributed by atoms with E-state index in [0.29, 0.717) is 5.92 Å². The van der Waals surface area contributed by atoms with E-state index in [2.05, 4.69) is 17.1 Å². The minimum absolute atomic E-state index is 0.225. The Hall–Kier alpha value is -0.610. The number of hydrogen-bond donors (Lipinski definition) is 1. The van der Waals surface area contributed by atoms with Gasteiger partial charge in [0, 0.05) is 32.7 Å². The lowest BCUT2D eigenvalue weighted by molar-refractivity contribution is -0.122. The SMILES string of the molecule is COCCN(C)CCNC(=O)[C@H]1C[C@H]1C. The Bertz CT molecular complexity index is 209. The maximum Gasteiger partial charge on any atom is 0.223 e. The zero-order valence-corrected chi connectivity index (χ0v) is 9.95. The van der Waals surface area contributed by atoms with Crippen LogP contribution in [0.4, 0.5) is 0 Å². The highest BCUT2D eigenvalue weighted by atomic mass is 16.5. The van der Waals surface area contributed by atoms with Gasteiger partial charge in [0.25, 0.3) is 0 Å². The van der Waals surface area contributed by atoms with Gasteiger partial charge in [0.05, 0.1) is 6.61 Å². The molecule has 1 saturated carbocycles. The van der Waals surface area contributed by atoms with Crippen molar-refractivity contribution in [1.82, 2.24) is 10.2 Å². The maximum absolute atomic E-state index is 11.5. The minimum Gasteiger partial charge on any atom is -0.383 e. The highest BCUT2D eigenvalue weighted by Crippen LogP contribution is 2.37. The van der Waals surface area contributed by atoms with Crippen LogP contribution in [0.5, 0.6) is 0 Å². The second kappa shape index (κ2) is 6.08. The lowest BCUT2D eigenvalue weighted by Gasteiger charge is -2.16. The lowest BCUT2D eigenvalue weighted by Crippen LogP contribution is -2.35. The summed E-state index contributed by atoms with van der Waals surface area (Å²) >= 11 is 0. The van der Waals surface area contributed by atoms with E-state index in [1.165, 1.54) is 0 Å². The van der Waals surface area contributed by atoms with Gasteiger partial charge in [-0.25, -0.2) is 0 Å². The number of amides is 1. The molecule has 0 radical (unpaired) electrons. The number of hydrogen-bond acceptors (Lipinski definition) is 3. The van der Waals surface area contributed by atoms with Crippen molar-refractivity contribution in [3.8, 4) is 0 Å². The molecule has 1 amide bonds. The molecule has 0 aromatic heterocycles. The molecule has 0 unspecified atom stereocenters. The fourth-order valence-electron chi connectivity index (χ4n) is 1.55. The molecular weight excluding hydrogens is 192 g/mol. The van der Waals surface area contributed by atoms with Crippen molar-refractivity contribution in [1.29, 1.82) is 0 Å². The summed E-state index contributed by atoms with van der Waals surface area (Å²) in [6.07, 6.45) is 1.06. The van der Waals surface area contributed by atoms with Crippen LogP contribution in [0.15, 0.2) is 0 Å². The Morgan fingerprint density at radius 1 is 1.53 bits per heavy atom. The smallest absolute Gasteiger partial charge is 0.223 e. The Morgan fingerprint density at radius 3 is 2.73 bits per heavy atom. The van der Waals surface area contributed by atoms with Gasteiger partial charge in [-0.05, 0) is 19.4 Å². The Morgan fingerprint density at radius 2 is 2.20 bits per heavy atom. The molecule has 0 aliphatic heterocycles. The van der Waals surface area contributed by atoms with Crippen molar-refractivity contribution in [2.24, 2.45) is 11.8 Å². The second-order valence-corrected chi connectivity index (χ2v) is 4.41. The number of likely N-dealkylation sites (N-methyl/N-ethyl adjacent to an activating group) is 1. The van der Waals surface area contributed by atoms with Gasteiger partial charge in [0.15, 0.2) is 0 Å². The quantitative estimate of drug-likeness (QED) is 0.664. The summed E-state index contributed by atoms with van der Waals surface area (Å²) in [6.45, 7) is 5.39. The van der Waals surface area contributed by atoms with Gasteiger partial charge in [-0.2, -0.15) is 0 Å². The fourth-order valence-corrected chi connectivity index (χ4v) is 1.55. The van der Waals surface area contributed by atoms with E-state index in [4.69, 9.17) is 4.74 Å². The van der Waals surface area contributed by atoms with E-state index in [0.717, 1.165) is 32.7 Å². The van der Waals surface area contributed by atoms with Gasteiger partial charge in [-0.1, -0.05) is 6.92 Å². The monoisotopic (exact) mass is 214 g/mol. The first-order valence-corrected chi connectivity index (χ1v) is 5.60. The highest BCUT2D eigenvalue weighted by molar-refractivity contribution is 5.81. The third kappa shape index (κ3) is 4.62. The lowest BCUT2D eigenvalue weighted by atomic mass is 10.3. The van der Waals surface area contributed by atoms with E-state index in [9.17, 15) is 4.79 Å². The Kier molecular flexibility index (Phi) is 5.05. The molecule has 0 saturated heterocycles. The molecule has 1 N–H and O–H groups in total. The van der Waals surface area contributed by atoms with Crippen molar-refractivity contribution < 1.29 is 9.53 Å². The molecule has 0 aromatic carbocycles. The third-order valence-electron chi connectivity index (χ3n) is 2.92. The zero-order valence-electron chi connectivity index (χ0n) is 9.95. The first-order chi connectivity index (χ1) is 7.15. The van der Waals surface area contributed by atoms with Crippen LogP contribution in [0.2, 0.25) is 0 Å². The van der Waals surface area contributed by atoms with Crippen molar-refractivity contribution in [2.45, 2.75) is 13.3 Å². The molecule has 1 rings (SSSR count). The molecule has 0 spiro atoms. The molecule has 0 aromatic rings. The molecule has 1 fully saturated rings. The second-order valence-electron chi connectivity index (χ2n) is 4.41. The molecule has 2 atom stereocenters. The standard InChI is InChI=1S/C11H22N2O2/c1-9-8-10(9)11(14)12-4-5-13(2)6-7-15-3/h9-10H,4-8H2,1-3H3,(H,12,14)/t9-,10+/m1/s1. The Balaban J connectivity index is 1.98. The summed E-state index contributed by atoms with van der Waals surface area (Å²) in [5.74, 6) is 1.10. The first-order valence-electron chi connectivity index (χ1n) is 5.60. The summed E-state index contributed by atoms with van der Waals surface area (Å²) in [5, 5.41) is 2.96. The van der Waals surface area contributed by atoms with E-state index in [-0.39, 0.29) is 11.8 Å². The Labute approximate surface area is 92.0 Å².